The van der Waals surface area contributed by atoms with Crippen molar-refractivity contribution in [1.82, 2.24) is 9.80 Å². The number of carbonyl (C=O) groups excluding carboxylic acids is 3. The number of hydrogen-bond acceptors (Lipinski definition) is 6. The number of rotatable bonds is 8. The van der Waals surface area contributed by atoms with Gasteiger partial charge in [-0.1, -0.05) is 41.9 Å². The van der Waals surface area contributed by atoms with Gasteiger partial charge < -0.3 is 14.4 Å². The second-order valence-electron chi connectivity index (χ2n) is 7.89. The van der Waals surface area contributed by atoms with Crippen molar-refractivity contribution in [1.29, 1.82) is 0 Å². The third-order valence-electron chi connectivity index (χ3n) is 5.48. The average molecular weight is 501 g/mol. The Morgan fingerprint density at radius 3 is 2.56 bits per heavy atom. The van der Waals surface area contributed by atoms with Crippen LogP contribution >= 0.6 is 23.4 Å². The molecular formula is C25H25ClN2O5S. The lowest BCUT2D eigenvalue weighted by atomic mass is 10.1. The van der Waals surface area contributed by atoms with E-state index in [0.29, 0.717) is 48.4 Å². The topological polar surface area (TPSA) is 76.2 Å². The van der Waals surface area contributed by atoms with Crippen molar-refractivity contribution in [2.24, 2.45) is 0 Å². The molecule has 0 atom stereocenters. The first kappa shape index (κ1) is 24.2. The van der Waals surface area contributed by atoms with Crippen LogP contribution in [0.15, 0.2) is 47.4 Å². The Kier molecular flexibility index (Phi) is 7.80. The first-order chi connectivity index (χ1) is 16.5. The number of thioether (sulfide) groups is 1. The lowest BCUT2D eigenvalue weighted by Gasteiger charge is -2.18. The Bertz CT molecular complexity index is 1120. The summed E-state index contributed by atoms with van der Waals surface area (Å²) in [6.45, 7) is 3.68. The van der Waals surface area contributed by atoms with Crippen LogP contribution in [-0.4, -0.2) is 53.1 Å². The summed E-state index contributed by atoms with van der Waals surface area (Å²) in [6, 6.07) is 13.1. The molecule has 9 heteroatoms. The first-order valence-corrected chi connectivity index (χ1v) is 12.3. The third-order valence-corrected chi connectivity index (χ3v) is 6.67. The van der Waals surface area contributed by atoms with E-state index >= 15 is 0 Å². The number of carbonyl (C=O) groups is 3. The van der Waals surface area contributed by atoms with Crippen LogP contribution in [0.5, 0.6) is 11.5 Å². The summed E-state index contributed by atoms with van der Waals surface area (Å²) in [5, 5.41) is -0.126. The normalized spacial score (nSPS) is 17.1. The minimum absolute atomic E-state index is 0.206. The number of ether oxygens (including phenoxy) is 2. The average Bonchev–Trinajstić information content (AvgIpc) is 3.45. The molecule has 0 aliphatic carbocycles. The van der Waals surface area contributed by atoms with E-state index in [4.69, 9.17) is 21.1 Å². The molecule has 4 rings (SSSR count). The van der Waals surface area contributed by atoms with Crippen molar-refractivity contribution >= 4 is 46.5 Å². The van der Waals surface area contributed by atoms with E-state index in [1.54, 1.807) is 23.1 Å². The molecule has 0 bridgehead atoms. The van der Waals surface area contributed by atoms with Crippen LogP contribution in [0.4, 0.5) is 4.79 Å². The van der Waals surface area contributed by atoms with Gasteiger partial charge in [-0.2, -0.15) is 0 Å². The molecule has 0 N–H and O–H groups in total. The Labute approximate surface area is 207 Å². The number of hydrogen-bond donors (Lipinski definition) is 0. The fourth-order valence-corrected chi connectivity index (χ4v) is 4.91. The summed E-state index contributed by atoms with van der Waals surface area (Å²) in [4.78, 5) is 40.6. The maximum Gasteiger partial charge on any atom is 0.294 e. The van der Waals surface area contributed by atoms with E-state index in [1.165, 1.54) is 0 Å². The maximum absolute atomic E-state index is 12.8. The molecule has 0 spiro atoms. The van der Waals surface area contributed by atoms with Crippen LogP contribution < -0.4 is 9.47 Å². The van der Waals surface area contributed by atoms with Crippen LogP contribution in [0.1, 0.15) is 30.9 Å². The van der Waals surface area contributed by atoms with Gasteiger partial charge in [-0.3, -0.25) is 19.3 Å². The van der Waals surface area contributed by atoms with Crippen molar-refractivity contribution in [3.8, 4) is 11.5 Å². The Morgan fingerprint density at radius 2 is 1.85 bits per heavy atom. The SMILES string of the molecule is CCOc1cc(/C=C2\SC(=O)N(CC(=O)N3CCCC3)C2=O)cc(Cl)c1OCc1ccccc1. The minimum atomic E-state index is -0.485. The second-order valence-corrected chi connectivity index (χ2v) is 9.29. The van der Waals surface area contributed by atoms with Gasteiger partial charge in [0, 0.05) is 13.1 Å². The van der Waals surface area contributed by atoms with Gasteiger partial charge in [0.2, 0.25) is 5.91 Å². The molecule has 34 heavy (non-hydrogen) atoms. The molecule has 7 nitrogen and oxygen atoms in total. The number of likely N-dealkylation sites (tertiary alicyclic amines) is 1. The summed E-state index contributed by atoms with van der Waals surface area (Å²) >= 11 is 7.31. The van der Waals surface area contributed by atoms with Crippen LogP contribution in [0.2, 0.25) is 5.02 Å². The van der Waals surface area contributed by atoms with Gasteiger partial charge in [-0.15, -0.1) is 0 Å². The Morgan fingerprint density at radius 1 is 1.12 bits per heavy atom. The van der Waals surface area contributed by atoms with Gasteiger partial charge >= 0.3 is 0 Å². The summed E-state index contributed by atoms with van der Waals surface area (Å²) in [5.41, 5.74) is 1.58. The van der Waals surface area contributed by atoms with Crippen molar-refractivity contribution < 1.29 is 23.9 Å². The van der Waals surface area contributed by atoms with Crippen LogP contribution in [0.25, 0.3) is 6.08 Å². The quantitative estimate of drug-likeness (QED) is 0.476. The lowest BCUT2D eigenvalue weighted by molar-refractivity contribution is -0.135. The second kappa shape index (κ2) is 11.0. The van der Waals surface area contributed by atoms with Gasteiger partial charge in [0.05, 0.1) is 16.5 Å². The van der Waals surface area contributed by atoms with Crippen molar-refractivity contribution in [2.45, 2.75) is 26.4 Å². The summed E-state index contributed by atoms with van der Waals surface area (Å²) < 4.78 is 11.7. The molecule has 2 heterocycles. The van der Waals surface area contributed by atoms with Crippen molar-refractivity contribution in [3.63, 3.8) is 0 Å². The highest BCUT2D eigenvalue weighted by Crippen LogP contribution is 2.39. The number of halogens is 1. The van der Waals surface area contributed by atoms with Gasteiger partial charge in [-0.05, 0) is 60.9 Å². The lowest BCUT2D eigenvalue weighted by Crippen LogP contribution is -2.40. The van der Waals surface area contributed by atoms with E-state index in [9.17, 15) is 14.4 Å². The van der Waals surface area contributed by atoms with E-state index < -0.39 is 11.1 Å². The number of benzene rings is 2. The van der Waals surface area contributed by atoms with E-state index in [0.717, 1.165) is 35.1 Å². The van der Waals surface area contributed by atoms with Crippen LogP contribution in [0.3, 0.4) is 0 Å². The van der Waals surface area contributed by atoms with Crippen LogP contribution in [-0.2, 0) is 16.2 Å². The van der Waals surface area contributed by atoms with Crippen LogP contribution in [0, 0.1) is 0 Å². The highest BCUT2D eigenvalue weighted by atomic mass is 35.5. The van der Waals surface area contributed by atoms with Gasteiger partial charge in [0.15, 0.2) is 11.5 Å². The van der Waals surface area contributed by atoms with E-state index in [-0.39, 0.29) is 17.4 Å². The zero-order valence-electron chi connectivity index (χ0n) is 18.8. The molecular weight excluding hydrogens is 476 g/mol. The van der Waals surface area contributed by atoms with Gasteiger partial charge in [0.1, 0.15) is 13.2 Å². The molecule has 2 fully saturated rings. The predicted molar refractivity (Wildman–Crippen MR) is 132 cm³/mol. The summed E-state index contributed by atoms with van der Waals surface area (Å²) in [5.74, 6) is 0.165. The maximum atomic E-state index is 12.8. The largest absolute Gasteiger partial charge is 0.490 e. The summed E-state index contributed by atoms with van der Waals surface area (Å²) in [7, 11) is 0. The highest BCUT2D eigenvalue weighted by molar-refractivity contribution is 8.18. The standard InChI is InChI=1S/C25H25ClN2O5S/c1-2-32-20-13-18(12-19(26)23(20)33-16-17-8-4-3-5-9-17)14-21-24(30)28(25(31)34-21)15-22(29)27-10-6-7-11-27/h3-5,8-9,12-14H,2,6-7,10-11,15-16H2,1H3/b21-14-. The molecule has 0 aromatic heterocycles. The highest BCUT2D eigenvalue weighted by Gasteiger charge is 2.37. The zero-order valence-corrected chi connectivity index (χ0v) is 20.4. The molecule has 2 aromatic rings. The van der Waals surface area contributed by atoms with Crippen molar-refractivity contribution in [2.75, 3.05) is 26.2 Å². The first-order valence-electron chi connectivity index (χ1n) is 11.1. The Balaban J connectivity index is 1.51. The smallest absolute Gasteiger partial charge is 0.294 e. The van der Waals surface area contributed by atoms with E-state index in [1.807, 2.05) is 37.3 Å². The van der Waals surface area contributed by atoms with Gasteiger partial charge in [0.25, 0.3) is 11.1 Å². The number of amides is 3. The monoisotopic (exact) mass is 500 g/mol. The molecule has 0 unspecified atom stereocenters. The Hall–Kier alpha value is -2.97. The third kappa shape index (κ3) is 5.56. The number of imide groups is 1. The molecule has 178 valence electrons. The van der Waals surface area contributed by atoms with Crippen molar-refractivity contribution in [3.05, 3.63) is 63.5 Å². The molecule has 0 saturated carbocycles. The predicted octanol–water partition coefficient (Wildman–Crippen LogP) is 4.98. The van der Waals surface area contributed by atoms with E-state index in [2.05, 4.69) is 0 Å². The molecule has 2 aromatic carbocycles. The fraction of sp³-hybridized carbons (Fsp3) is 0.320. The fourth-order valence-electron chi connectivity index (χ4n) is 3.79. The molecule has 2 aliphatic heterocycles. The van der Waals surface area contributed by atoms with Gasteiger partial charge in [-0.25, -0.2) is 0 Å². The molecule has 3 amide bonds. The molecule has 0 radical (unpaired) electrons. The number of nitrogens with zero attached hydrogens (tertiary/aromatic N) is 2. The molecule has 2 aliphatic rings. The minimum Gasteiger partial charge on any atom is -0.490 e. The zero-order chi connectivity index (χ0) is 24.1. The molecule has 2 saturated heterocycles. The summed E-state index contributed by atoms with van der Waals surface area (Å²) in [6.07, 6.45) is 3.48.